The van der Waals surface area contributed by atoms with Gasteiger partial charge in [-0.1, -0.05) is 34.3 Å². The van der Waals surface area contributed by atoms with Gasteiger partial charge in [-0.2, -0.15) is 0 Å². The van der Waals surface area contributed by atoms with Crippen molar-refractivity contribution in [2.45, 2.75) is 31.8 Å². The Hall–Kier alpha value is -1.08. The van der Waals surface area contributed by atoms with Gasteiger partial charge in [-0.05, 0) is 63.0 Å². The highest BCUT2D eigenvalue weighted by molar-refractivity contribution is 7.18. The van der Waals surface area contributed by atoms with Crippen LogP contribution in [-0.2, 0) is 0 Å². The lowest BCUT2D eigenvalue weighted by atomic mass is 9.79. The molecule has 2 aromatic heterocycles. The Kier molecular flexibility index (Phi) is 4.56. The summed E-state index contributed by atoms with van der Waals surface area (Å²) < 4.78 is 6.45. The van der Waals surface area contributed by atoms with Crippen LogP contribution in [0.15, 0.2) is 24.3 Å². The van der Waals surface area contributed by atoms with Crippen molar-refractivity contribution >= 4 is 40.2 Å². The minimum absolute atomic E-state index is 0.00432. The zero-order valence-corrected chi connectivity index (χ0v) is 15.7. The van der Waals surface area contributed by atoms with Crippen LogP contribution in [0, 0.1) is 5.92 Å². The second-order valence-electron chi connectivity index (χ2n) is 6.39. The summed E-state index contributed by atoms with van der Waals surface area (Å²) in [4.78, 5) is 15.8. The van der Waals surface area contributed by atoms with Crippen molar-refractivity contribution in [2.24, 2.45) is 5.92 Å². The monoisotopic (exact) mass is 382 g/mol. The summed E-state index contributed by atoms with van der Waals surface area (Å²) >= 11 is 8.66. The smallest absolute Gasteiger partial charge is 0.261 e. The lowest BCUT2D eigenvalue weighted by Gasteiger charge is -2.49. The van der Waals surface area contributed by atoms with Gasteiger partial charge in [0.25, 0.3) is 5.91 Å². The van der Waals surface area contributed by atoms with Gasteiger partial charge in [0.1, 0.15) is 0 Å². The molecule has 2 atom stereocenters. The van der Waals surface area contributed by atoms with Gasteiger partial charge < -0.3 is 10.1 Å². The van der Waals surface area contributed by atoms with E-state index in [4.69, 9.17) is 16.3 Å². The SMILES string of the molecule is C[C@H]1[C@H](NC(=O)c2ccc(Oc3ccc(Cl)s3)s2)C2CCN1CC2. The normalized spacial score (nSPS) is 28.8. The van der Waals surface area contributed by atoms with Crippen molar-refractivity contribution in [1.29, 1.82) is 0 Å². The van der Waals surface area contributed by atoms with E-state index in [2.05, 4.69) is 17.1 Å². The summed E-state index contributed by atoms with van der Waals surface area (Å²) in [7, 11) is 0. The number of rotatable bonds is 4. The highest BCUT2D eigenvalue weighted by Crippen LogP contribution is 2.36. The molecule has 24 heavy (non-hydrogen) atoms. The molecular formula is C17H19ClN2O2S2. The molecule has 0 radical (unpaired) electrons. The number of piperidine rings is 3. The number of ether oxygens (including phenoxy) is 1. The summed E-state index contributed by atoms with van der Waals surface area (Å²) in [6.07, 6.45) is 2.38. The third kappa shape index (κ3) is 3.20. The Morgan fingerprint density at radius 1 is 1.21 bits per heavy atom. The number of nitrogens with zero attached hydrogens (tertiary/aromatic N) is 1. The summed E-state index contributed by atoms with van der Waals surface area (Å²) in [6, 6.07) is 7.98. The average molecular weight is 383 g/mol. The molecule has 5 rings (SSSR count). The summed E-state index contributed by atoms with van der Waals surface area (Å²) in [5, 5.41) is 4.70. The first-order valence-electron chi connectivity index (χ1n) is 8.18. The molecule has 0 spiro atoms. The fourth-order valence-electron chi connectivity index (χ4n) is 3.72. The highest BCUT2D eigenvalue weighted by Gasteiger charge is 2.40. The highest BCUT2D eigenvalue weighted by atomic mass is 35.5. The number of thiophene rings is 2. The summed E-state index contributed by atoms with van der Waals surface area (Å²) in [5.74, 6) is 0.613. The van der Waals surface area contributed by atoms with Crippen molar-refractivity contribution in [3.05, 3.63) is 33.5 Å². The molecule has 3 fully saturated rings. The van der Waals surface area contributed by atoms with Crippen LogP contribution in [0.25, 0.3) is 0 Å². The van der Waals surface area contributed by atoms with E-state index >= 15 is 0 Å². The molecule has 4 nitrogen and oxygen atoms in total. The molecule has 1 amide bonds. The number of carbonyl (C=O) groups is 1. The van der Waals surface area contributed by atoms with E-state index in [9.17, 15) is 4.79 Å². The van der Waals surface area contributed by atoms with Crippen LogP contribution in [0.1, 0.15) is 29.4 Å². The van der Waals surface area contributed by atoms with E-state index in [0.29, 0.717) is 26.2 Å². The fraction of sp³-hybridized carbons (Fsp3) is 0.471. The number of hydrogen-bond donors (Lipinski definition) is 1. The number of halogens is 1. The van der Waals surface area contributed by atoms with Gasteiger partial charge in [0.2, 0.25) is 0 Å². The maximum absolute atomic E-state index is 12.6. The topological polar surface area (TPSA) is 41.6 Å². The van der Waals surface area contributed by atoms with Crippen molar-refractivity contribution in [2.75, 3.05) is 13.1 Å². The van der Waals surface area contributed by atoms with Crippen LogP contribution in [0.4, 0.5) is 0 Å². The average Bonchev–Trinajstić information content (AvgIpc) is 3.21. The first kappa shape index (κ1) is 16.4. The van der Waals surface area contributed by atoms with Crippen molar-refractivity contribution in [3.8, 4) is 10.1 Å². The lowest BCUT2D eigenvalue weighted by molar-refractivity contribution is 0.0218. The molecule has 0 aliphatic carbocycles. The molecule has 5 heterocycles. The largest absolute Gasteiger partial charge is 0.436 e. The fourth-order valence-corrected chi connectivity index (χ4v) is 5.43. The molecule has 128 valence electrons. The van der Waals surface area contributed by atoms with E-state index in [0.717, 1.165) is 5.06 Å². The Morgan fingerprint density at radius 2 is 1.92 bits per heavy atom. The van der Waals surface area contributed by atoms with Crippen LogP contribution in [0.2, 0.25) is 4.34 Å². The molecule has 2 aromatic rings. The van der Waals surface area contributed by atoms with Crippen LogP contribution >= 0.6 is 34.3 Å². The maximum atomic E-state index is 12.6. The predicted octanol–water partition coefficient (Wildman–Crippen LogP) is 4.47. The molecule has 3 aliphatic heterocycles. The Balaban J connectivity index is 1.41. The molecule has 3 saturated heterocycles. The van der Waals surface area contributed by atoms with Crippen LogP contribution in [-0.4, -0.2) is 36.0 Å². The predicted molar refractivity (Wildman–Crippen MR) is 98.7 cm³/mol. The molecule has 0 unspecified atom stereocenters. The van der Waals surface area contributed by atoms with Gasteiger partial charge in [-0.3, -0.25) is 9.69 Å². The molecule has 7 heteroatoms. The van der Waals surface area contributed by atoms with Crippen LogP contribution in [0.3, 0.4) is 0 Å². The quantitative estimate of drug-likeness (QED) is 0.848. The van der Waals surface area contributed by atoms with Gasteiger partial charge in [-0.15, -0.1) is 0 Å². The molecule has 0 aromatic carbocycles. The van der Waals surface area contributed by atoms with Crippen molar-refractivity contribution in [1.82, 2.24) is 10.2 Å². The number of hydrogen-bond acceptors (Lipinski definition) is 5. The first-order chi connectivity index (χ1) is 11.6. The third-order valence-corrected chi connectivity index (χ3v) is 7.10. The minimum atomic E-state index is 0.00432. The number of amides is 1. The van der Waals surface area contributed by atoms with Gasteiger partial charge in [-0.25, -0.2) is 0 Å². The van der Waals surface area contributed by atoms with E-state index < -0.39 is 0 Å². The summed E-state index contributed by atoms with van der Waals surface area (Å²) in [5.41, 5.74) is 0. The van der Waals surface area contributed by atoms with Crippen LogP contribution < -0.4 is 10.1 Å². The zero-order valence-electron chi connectivity index (χ0n) is 13.3. The standard InChI is InChI=1S/C17H19ClN2O2S2/c1-10-16(11-6-8-20(10)9-7-11)19-17(21)12-2-4-14(23-12)22-15-5-3-13(18)24-15/h2-5,10-11,16H,6-9H2,1H3,(H,19,21)/t10-,16-/m0/s1. The molecule has 2 bridgehead atoms. The molecular weight excluding hydrogens is 364 g/mol. The van der Waals surface area contributed by atoms with Crippen LogP contribution in [0.5, 0.6) is 10.1 Å². The van der Waals surface area contributed by atoms with E-state index in [1.165, 1.54) is 48.6 Å². The number of fused-ring (bicyclic) bond motifs is 3. The number of nitrogens with one attached hydrogen (secondary N) is 1. The van der Waals surface area contributed by atoms with E-state index in [-0.39, 0.29) is 11.9 Å². The van der Waals surface area contributed by atoms with E-state index in [1.54, 1.807) is 6.07 Å². The lowest BCUT2D eigenvalue weighted by Crippen LogP contribution is -2.62. The first-order valence-corrected chi connectivity index (χ1v) is 10.2. The van der Waals surface area contributed by atoms with Crippen molar-refractivity contribution in [3.63, 3.8) is 0 Å². The van der Waals surface area contributed by atoms with E-state index in [1.807, 2.05) is 18.2 Å². The second kappa shape index (κ2) is 6.67. The minimum Gasteiger partial charge on any atom is -0.436 e. The zero-order chi connectivity index (χ0) is 16.7. The molecule has 1 N–H and O–H groups in total. The molecule has 0 saturated carbocycles. The summed E-state index contributed by atoms with van der Waals surface area (Å²) in [6.45, 7) is 4.55. The Labute approximate surface area is 154 Å². The van der Waals surface area contributed by atoms with Gasteiger partial charge >= 0.3 is 0 Å². The Morgan fingerprint density at radius 3 is 2.58 bits per heavy atom. The van der Waals surface area contributed by atoms with Gasteiger partial charge in [0, 0.05) is 12.1 Å². The number of carbonyl (C=O) groups excluding carboxylic acids is 1. The third-order valence-electron chi connectivity index (χ3n) is 5.03. The molecule has 3 aliphatic rings. The van der Waals surface area contributed by atoms with Crippen molar-refractivity contribution < 1.29 is 9.53 Å². The maximum Gasteiger partial charge on any atom is 0.261 e. The van der Waals surface area contributed by atoms with Gasteiger partial charge in [0.05, 0.1) is 9.21 Å². The van der Waals surface area contributed by atoms with Gasteiger partial charge in [0.15, 0.2) is 10.1 Å². The second-order valence-corrected chi connectivity index (χ2v) is 9.12. The Bertz CT molecular complexity index is 735.